The van der Waals surface area contributed by atoms with Crippen LogP contribution in [0.15, 0.2) is 53.4 Å². The Labute approximate surface area is 157 Å². The second kappa shape index (κ2) is 7.28. The van der Waals surface area contributed by atoms with Crippen LogP contribution in [-0.2, 0) is 22.6 Å². The van der Waals surface area contributed by atoms with Crippen molar-refractivity contribution in [2.45, 2.75) is 17.6 Å². The molecular formula is C16H12ClF3N4O2S. The molecule has 0 aliphatic heterocycles. The van der Waals surface area contributed by atoms with Gasteiger partial charge in [-0.15, -0.1) is 10.2 Å². The summed E-state index contributed by atoms with van der Waals surface area (Å²) in [4.78, 5) is 1.13. The molecule has 2 aromatic carbocycles. The molecule has 0 atom stereocenters. The number of tetrazole rings is 1. The highest BCUT2D eigenvalue weighted by Crippen LogP contribution is 2.31. The van der Waals surface area contributed by atoms with Gasteiger partial charge in [0.1, 0.15) is 0 Å². The quantitative estimate of drug-likeness (QED) is 0.636. The first-order valence-electron chi connectivity index (χ1n) is 7.59. The van der Waals surface area contributed by atoms with E-state index in [1.54, 1.807) is 0 Å². The van der Waals surface area contributed by atoms with Crippen molar-refractivity contribution in [3.8, 4) is 11.4 Å². The first-order valence-corrected chi connectivity index (χ1v) is 9.62. The normalized spacial score (nSPS) is 12.3. The lowest BCUT2D eigenvalue weighted by molar-refractivity contribution is -0.137. The fourth-order valence-electron chi connectivity index (χ4n) is 2.25. The summed E-state index contributed by atoms with van der Waals surface area (Å²) in [6, 6.07) is 10.2. The molecule has 1 aromatic heterocycles. The molecule has 0 unspecified atom stereocenters. The van der Waals surface area contributed by atoms with Crippen molar-refractivity contribution in [2.24, 2.45) is 0 Å². The third-order valence-corrected chi connectivity index (χ3v) is 5.60. The van der Waals surface area contributed by atoms with Gasteiger partial charge < -0.3 is 0 Å². The zero-order valence-corrected chi connectivity index (χ0v) is 15.1. The van der Waals surface area contributed by atoms with Crippen LogP contribution in [0.5, 0.6) is 0 Å². The summed E-state index contributed by atoms with van der Waals surface area (Å²) < 4.78 is 63.0. The fourth-order valence-corrected chi connectivity index (χ4v) is 3.57. The van der Waals surface area contributed by atoms with Crippen molar-refractivity contribution in [1.82, 2.24) is 20.2 Å². The minimum absolute atomic E-state index is 0.0232. The predicted molar refractivity (Wildman–Crippen MR) is 91.8 cm³/mol. The molecule has 142 valence electrons. The first-order chi connectivity index (χ1) is 12.6. The fraction of sp³-hybridized carbons (Fsp3) is 0.188. The van der Waals surface area contributed by atoms with Gasteiger partial charge in [0.25, 0.3) is 0 Å². The zero-order valence-electron chi connectivity index (χ0n) is 13.6. The van der Waals surface area contributed by atoms with Gasteiger partial charge in [0.15, 0.2) is 9.84 Å². The maximum atomic E-state index is 12.8. The lowest BCUT2D eigenvalue weighted by Gasteiger charge is -2.06. The van der Waals surface area contributed by atoms with E-state index >= 15 is 0 Å². The van der Waals surface area contributed by atoms with Gasteiger partial charge in [-0.1, -0.05) is 23.7 Å². The second-order valence-corrected chi connectivity index (χ2v) is 8.11. The van der Waals surface area contributed by atoms with Gasteiger partial charge in [-0.25, -0.2) is 8.42 Å². The molecule has 0 aliphatic carbocycles. The van der Waals surface area contributed by atoms with Crippen LogP contribution in [0.1, 0.15) is 5.56 Å². The average molecular weight is 417 g/mol. The van der Waals surface area contributed by atoms with Crippen molar-refractivity contribution in [3.63, 3.8) is 0 Å². The number of hydrogen-bond donors (Lipinski definition) is 0. The van der Waals surface area contributed by atoms with Crippen LogP contribution in [0, 0.1) is 0 Å². The van der Waals surface area contributed by atoms with Crippen molar-refractivity contribution in [1.29, 1.82) is 0 Å². The minimum Gasteiger partial charge on any atom is -0.224 e. The van der Waals surface area contributed by atoms with Gasteiger partial charge in [0.2, 0.25) is 5.82 Å². The number of halogens is 4. The van der Waals surface area contributed by atoms with Gasteiger partial charge in [-0.05, 0) is 41.6 Å². The molecule has 11 heteroatoms. The molecular weight excluding hydrogens is 405 g/mol. The van der Waals surface area contributed by atoms with Crippen molar-refractivity contribution < 1.29 is 21.6 Å². The predicted octanol–water partition coefficient (Wildman–Crippen LogP) is 3.49. The summed E-state index contributed by atoms with van der Waals surface area (Å²) in [7, 11) is -3.59. The molecule has 0 bridgehead atoms. The molecule has 27 heavy (non-hydrogen) atoms. The topological polar surface area (TPSA) is 77.7 Å². The molecule has 0 fully saturated rings. The van der Waals surface area contributed by atoms with Gasteiger partial charge in [-0.2, -0.15) is 18.0 Å². The zero-order chi connectivity index (χ0) is 19.7. The highest BCUT2D eigenvalue weighted by Gasteiger charge is 2.30. The first kappa shape index (κ1) is 19.3. The Balaban J connectivity index is 1.74. The Bertz CT molecular complexity index is 1050. The van der Waals surface area contributed by atoms with E-state index in [0.29, 0.717) is 5.02 Å². The molecule has 3 rings (SSSR count). The Hall–Kier alpha value is -2.46. The van der Waals surface area contributed by atoms with Gasteiger partial charge in [0, 0.05) is 10.6 Å². The molecule has 0 spiro atoms. The number of benzene rings is 2. The van der Waals surface area contributed by atoms with Crippen molar-refractivity contribution in [3.05, 3.63) is 59.1 Å². The van der Waals surface area contributed by atoms with E-state index in [0.717, 1.165) is 16.9 Å². The second-order valence-electron chi connectivity index (χ2n) is 5.56. The molecule has 6 nitrogen and oxygen atoms in total. The molecule has 0 amide bonds. The summed E-state index contributed by atoms with van der Waals surface area (Å²) in [6.45, 7) is -0.100. The highest BCUT2D eigenvalue weighted by atomic mass is 35.5. The molecule has 3 aromatic rings. The number of nitrogens with zero attached hydrogens (tertiary/aromatic N) is 4. The highest BCUT2D eigenvalue weighted by molar-refractivity contribution is 7.91. The Morgan fingerprint density at radius 1 is 1.07 bits per heavy atom. The summed E-state index contributed by atoms with van der Waals surface area (Å²) >= 11 is 5.74. The molecule has 0 aliphatic rings. The van der Waals surface area contributed by atoms with E-state index in [9.17, 15) is 21.6 Å². The number of aryl methyl sites for hydroxylation is 1. The number of rotatable bonds is 5. The summed E-state index contributed by atoms with van der Waals surface area (Å²) in [5.41, 5.74) is -0.696. The van der Waals surface area contributed by atoms with E-state index in [-0.39, 0.29) is 28.6 Å². The number of hydrogen-bond acceptors (Lipinski definition) is 5. The van der Waals surface area contributed by atoms with Crippen LogP contribution in [0.2, 0.25) is 5.02 Å². The average Bonchev–Trinajstić information content (AvgIpc) is 3.09. The molecule has 0 radical (unpaired) electrons. The van der Waals surface area contributed by atoms with E-state index in [2.05, 4.69) is 15.4 Å². The van der Waals surface area contributed by atoms with Gasteiger partial charge >= 0.3 is 6.18 Å². The van der Waals surface area contributed by atoms with Crippen LogP contribution in [0.3, 0.4) is 0 Å². The van der Waals surface area contributed by atoms with Crippen LogP contribution in [0.25, 0.3) is 11.4 Å². The number of alkyl halides is 3. The third-order valence-electron chi connectivity index (χ3n) is 3.63. The molecule has 0 saturated heterocycles. The van der Waals surface area contributed by atoms with E-state index < -0.39 is 21.6 Å². The van der Waals surface area contributed by atoms with E-state index in [4.69, 9.17) is 11.6 Å². The Morgan fingerprint density at radius 2 is 1.78 bits per heavy atom. The minimum atomic E-state index is -4.49. The molecule has 0 saturated carbocycles. The largest absolute Gasteiger partial charge is 0.416 e. The number of aromatic nitrogens is 4. The van der Waals surface area contributed by atoms with E-state index in [1.165, 1.54) is 36.4 Å². The summed E-state index contributed by atoms with van der Waals surface area (Å²) in [5, 5.41) is 11.8. The van der Waals surface area contributed by atoms with Crippen LogP contribution in [-0.4, -0.2) is 34.4 Å². The van der Waals surface area contributed by atoms with Crippen molar-refractivity contribution in [2.75, 3.05) is 5.75 Å². The standard InChI is InChI=1S/C16H12ClF3N4O2S/c17-13-4-6-14(7-5-13)27(25,26)9-8-24-22-15(21-23-24)11-2-1-3-12(10-11)16(18,19)20/h1-7,10H,8-9H2. The van der Waals surface area contributed by atoms with Gasteiger partial charge in [0.05, 0.1) is 22.8 Å². The molecule has 0 N–H and O–H groups in total. The Morgan fingerprint density at radius 3 is 2.44 bits per heavy atom. The maximum absolute atomic E-state index is 12.8. The monoisotopic (exact) mass is 416 g/mol. The van der Waals surface area contributed by atoms with Crippen LogP contribution >= 0.6 is 11.6 Å². The Kier molecular flexibility index (Phi) is 5.20. The summed E-state index contributed by atoms with van der Waals surface area (Å²) in [5.74, 6) is -0.322. The van der Waals surface area contributed by atoms with Crippen LogP contribution < -0.4 is 0 Å². The number of sulfone groups is 1. The SMILES string of the molecule is O=S(=O)(CCn1nnc(-c2cccc(C(F)(F)F)c2)n1)c1ccc(Cl)cc1. The smallest absolute Gasteiger partial charge is 0.224 e. The third kappa shape index (κ3) is 4.64. The van der Waals surface area contributed by atoms with Crippen LogP contribution in [0.4, 0.5) is 13.2 Å². The molecule has 1 heterocycles. The van der Waals surface area contributed by atoms with Gasteiger partial charge in [-0.3, -0.25) is 0 Å². The lowest BCUT2D eigenvalue weighted by Crippen LogP contribution is -2.15. The maximum Gasteiger partial charge on any atom is 0.416 e. The van der Waals surface area contributed by atoms with Crippen molar-refractivity contribution >= 4 is 21.4 Å². The lowest BCUT2D eigenvalue weighted by atomic mass is 10.1. The van der Waals surface area contributed by atoms with E-state index in [1.807, 2.05) is 0 Å². The summed E-state index contributed by atoms with van der Waals surface area (Å²) in [6.07, 6.45) is -4.49.